The molecule has 2 aliphatic rings. The maximum atomic E-state index is 11.7. The number of ether oxygens (including phenoxy) is 1. The molecular weight excluding hydrogens is 240 g/mol. The highest BCUT2D eigenvalue weighted by Gasteiger charge is 2.23. The maximum absolute atomic E-state index is 11.7. The molecular formula is C15H20N2O2. The minimum Gasteiger partial charge on any atom is -0.483 e. The summed E-state index contributed by atoms with van der Waals surface area (Å²) in [6, 6.07) is 6.03. The molecule has 1 aromatic carbocycles. The molecule has 3 rings (SSSR count). The number of carbonyl (C=O) groups excluding carboxylic acids is 1. The summed E-state index contributed by atoms with van der Waals surface area (Å²) in [5.74, 6) is 1.47. The van der Waals surface area contributed by atoms with Gasteiger partial charge in [0.05, 0.1) is 0 Å². The summed E-state index contributed by atoms with van der Waals surface area (Å²) in [5.41, 5.74) is 8.36. The van der Waals surface area contributed by atoms with Crippen molar-refractivity contribution in [1.29, 1.82) is 0 Å². The molecule has 4 nitrogen and oxygen atoms in total. The first kappa shape index (κ1) is 12.5. The first-order valence-corrected chi connectivity index (χ1v) is 7.01. The lowest BCUT2D eigenvalue weighted by atomic mass is 10.1. The van der Waals surface area contributed by atoms with Gasteiger partial charge in [-0.25, -0.2) is 0 Å². The largest absolute Gasteiger partial charge is 0.483 e. The van der Waals surface area contributed by atoms with Gasteiger partial charge in [-0.2, -0.15) is 0 Å². The third-order valence-corrected chi connectivity index (χ3v) is 3.92. The quantitative estimate of drug-likeness (QED) is 0.844. The highest BCUT2D eigenvalue weighted by atomic mass is 16.5. The van der Waals surface area contributed by atoms with E-state index >= 15 is 0 Å². The van der Waals surface area contributed by atoms with Crippen LogP contribution in [0, 0.1) is 5.92 Å². The number of nitrogens with two attached hydrogens (primary N) is 1. The molecule has 0 radical (unpaired) electrons. The van der Waals surface area contributed by atoms with E-state index in [9.17, 15) is 4.79 Å². The van der Waals surface area contributed by atoms with Crippen molar-refractivity contribution in [2.24, 2.45) is 11.7 Å². The molecule has 1 amide bonds. The Labute approximate surface area is 113 Å². The van der Waals surface area contributed by atoms with E-state index in [4.69, 9.17) is 10.5 Å². The van der Waals surface area contributed by atoms with Gasteiger partial charge in [-0.3, -0.25) is 4.79 Å². The fourth-order valence-corrected chi connectivity index (χ4v) is 2.56. The Morgan fingerprint density at radius 3 is 3.00 bits per heavy atom. The zero-order chi connectivity index (χ0) is 13.2. The summed E-state index contributed by atoms with van der Waals surface area (Å²) in [6.07, 6.45) is 4.39. The zero-order valence-corrected chi connectivity index (χ0v) is 11.0. The van der Waals surface area contributed by atoms with E-state index in [1.807, 2.05) is 18.2 Å². The van der Waals surface area contributed by atoms with Gasteiger partial charge in [0.1, 0.15) is 5.75 Å². The Balaban J connectivity index is 1.56. The average Bonchev–Trinajstić information content (AvgIpc) is 3.18. The normalized spacial score (nSPS) is 21.0. The molecule has 4 heteroatoms. The van der Waals surface area contributed by atoms with Crippen molar-refractivity contribution in [3.05, 3.63) is 29.3 Å². The second kappa shape index (κ2) is 5.21. The number of hydrogen-bond acceptors (Lipinski definition) is 3. The second-order valence-corrected chi connectivity index (χ2v) is 5.51. The molecule has 0 saturated heterocycles. The first-order valence-electron chi connectivity index (χ1n) is 7.01. The number of nitrogens with one attached hydrogen (secondary N) is 1. The molecule has 102 valence electrons. The van der Waals surface area contributed by atoms with Crippen LogP contribution >= 0.6 is 0 Å². The van der Waals surface area contributed by atoms with Crippen LogP contribution in [0.4, 0.5) is 0 Å². The van der Waals surface area contributed by atoms with Crippen molar-refractivity contribution in [2.45, 2.75) is 31.7 Å². The Bertz CT molecular complexity index is 483. The fourth-order valence-electron chi connectivity index (χ4n) is 2.56. The highest BCUT2D eigenvalue weighted by Crippen LogP contribution is 2.35. The van der Waals surface area contributed by atoms with Crippen molar-refractivity contribution in [2.75, 3.05) is 13.2 Å². The summed E-state index contributed by atoms with van der Waals surface area (Å²) < 4.78 is 5.64. The van der Waals surface area contributed by atoms with Gasteiger partial charge in [-0.1, -0.05) is 12.1 Å². The summed E-state index contributed by atoms with van der Waals surface area (Å²) in [6.45, 7) is 0.887. The van der Waals surface area contributed by atoms with Crippen LogP contribution in [0.3, 0.4) is 0 Å². The first-order chi connectivity index (χ1) is 9.24. The maximum Gasteiger partial charge on any atom is 0.257 e. The molecule has 3 N–H and O–H groups in total. The van der Waals surface area contributed by atoms with E-state index in [-0.39, 0.29) is 18.6 Å². The van der Waals surface area contributed by atoms with Crippen molar-refractivity contribution in [3.8, 4) is 5.75 Å². The molecule has 19 heavy (non-hydrogen) atoms. The fraction of sp³-hybridized carbons (Fsp3) is 0.533. The van der Waals surface area contributed by atoms with E-state index in [1.165, 1.54) is 18.4 Å². The monoisotopic (exact) mass is 260 g/mol. The Morgan fingerprint density at radius 2 is 2.21 bits per heavy atom. The second-order valence-electron chi connectivity index (χ2n) is 5.51. The van der Waals surface area contributed by atoms with Crippen LogP contribution in [-0.2, 0) is 11.2 Å². The van der Waals surface area contributed by atoms with E-state index in [0.717, 1.165) is 30.7 Å². The summed E-state index contributed by atoms with van der Waals surface area (Å²) in [7, 11) is 0. The van der Waals surface area contributed by atoms with Gasteiger partial charge in [-0.15, -0.1) is 0 Å². The summed E-state index contributed by atoms with van der Waals surface area (Å²) in [4.78, 5) is 11.7. The number of fused-ring (bicyclic) bond motifs is 1. The van der Waals surface area contributed by atoms with Gasteiger partial charge >= 0.3 is 0 Å². The van der Waals surface area contributed by atoms with Gasteiger partial charge in [0.15, 0.2) is 6.61 Å². The van der Waals surface area contributed by atoms with Crippen LogP contribution < -0.4 is 15.8 Å². The summed E-state index contributed by atoms with van der Waals surface area (Å²) >= 11 is 0. The standard InChI is InChI=1S/C15H20N2O2/c16-13-7-6-12-11(13)2-1-3-14(12)19-9-15(18)17-8-10-4-5-10/h1-3,10,13H,4-9,16H2,(H,17,18). The topological polar surface area (TPSA) is 64.3 Å². The third kappa shape index (κ3) is 2.89. The Morgan fingerprint density at radius 1 is 1.37 bits per heavy atom. The third-order valence-electron chi connectivity index (χ3n) is 3.92. The molecule has 0 aromatic heterocycles. The molecule has 0 spiro atoms. The van der Waals surface area contributed by atoms with Crippen LogP contribution in [-0.4, -0.2) is 19.1 Å². The lowest BCUT2D eigenvalue weighted by Gasteiger charge is -2.11. The van der Waals surface area contributed by atoms with Gasteiger partial charge in [0, 0.05) is 12.6 Å². The summed E-state index contributed by atoms with van der Waals surface area (Å²) in [5, 5.41) is 2.90. The Hall–Kier alpha value is -1.55. The van der Waals surface area contributed by atoms with Crippen LogP contribution in [0.1, 0.15) is 36.4 Å². The molecule has 1 fully saturated rings. The van der Waals surface area contributed by atoms with Gasteiger partial charge in [0.25, 0.3) is 5.91 Å². The zero-order valence-electron chi connectivity index (χ0n) is 11.0. The minimum atomic E-state index is -0.0354. The van der Waals surface area contributed by atoms with Crippen molar-refractivity contribution >= 4 is 5.91 Å². The number of rotatable bonds is 5. The van der Waals surface area contributed by atoms with Crippen molar-refractivity contribution < 1.29 is 9.53 Å². The SMILES string of the molecule is NC1CCc2c(OCC(=O)NCC3CC3)cccc21. The molecule has 0 bridgehead atoms. The lowest BCUT2D eigenvalue weighted by Crippen LogP contribution is -2.30. The van der Waals surface area contributed by atoms with E-state index in [1.54, 1.807) is 0 Å². The predicted molar refractivity (Wildman–Crippen MR) is 72.9 cm³/mol. The average molecular weight is 260 g/mol. The van der Waals surface area contributed by atoms with Crippen LogP contribution in [0.2, 0.25) is 0 Å². The number of hydrogen-bond donors (Lipinski definition) is 2. The smallest absolute Gasteiger partial charge is 0.257 e. The highest BCUT2D eigenvalue weighted by molar-refractivity contribution is 5.77. The van der Waals surface area contributed by atoms with Gasteiger partial charge < -0.3 is 15.8 Å². The van der Waals surface area contributed by atoms with Crippen molar-refractivity contribution in [1.82, 2.24) is 5.32 Å². The van der Waals surface area contributed by atoms with E-state index in [2.05, 4.69) is 5.32 Å². The van der Waals surface area contributed by atoms with E-state index in [0.29, 0.717) is 5.92 Å². The molecule has 1 saturated carbocycles. The molecule has 1 aromatic rings. The number of amides is 1. The molecule has 2 aliphatic carbocycles. The van der Waals surface area contributed by atoms with Crippen molar-refractivity contribution in [3.63, 3.8) is 0 Å². The van der Waals surface area contributed by atoms with Crippen LogP contribution in [0.15, 0.2) is 18.2 Å². The molecule has 0 aliphatic heterocycles. The van der Waals surface area contributed by atoms with Crippen LogP contribution in [0.5, 0.6) is 5.75 Å². The van der Waals surface area contributed by atoms with E-state index < -0.39 is 0 Å². The van der Waals surface area contributed by atoms with Crippen LogP contribution in [0.25, 0.3) is 0 Å². The predicted octanol–water partition coefficient (Wildman–Crippen LogP) is 1.54. The molecule has 0 heterocycles. The van der Waals surface area contributed by atoms with Gasteiger partial charge in [0.2, 0.25) is 0 Å². The minimum absolute atomic E-state index is 0.0354. The number of benzene rings is 1. The molecule has 1 atom stereocenters. The molecule has 1 unspecified atom stereocenters. The lowest BCUT2D eigenvalue weighted by molar-refractivity contribution is -0.123. The number of carbonyl (C=O) groups is 1. The Kier molecular flexibility index (Phi) is 3.42. The van der Waals surface area contributed by atoms with Gasteiger partial charge in [-0.05, 0) is 48.8 Å².